The number of cyclic esters (lactones) is 1. The largest absolute Gasteiger partial charge is 0.465 e. The van der Waals surface area contributed by atoms with Crippen LogP contribution in [0.3, 0.4) is 0 Å². The van der Waals surface area contributed by atoms with Gasteiger partial charge in [0.25, 0.3) is 0 Å². The smallest absolute Gasteiger partial charge is 0.312 e. The molecule has 2 saturated heterocycles. The molecule has 4 aliphatic rings. The van der Waals surface area contributed by atoms with Gasteiger partial charge >= 0.3 is 5.97 Å². The average Bonchev–Trinajstić information content (AvgIpc) is 3.24. The normalized spacial score (nSPS) is 36.2. The number of likely N-dealkylation sites (tertiary alicyclic amines) is 1. The van der Waals surface area contributed by atoms with Crippen molar-refractivity contribution in [2.24, 2.45) is 17.8 Å². The molecule has 0 aliphatic carbocycles. The summed E-state index contributed by atoms with van der Waals surface area (Å²) < 4.78 is 12.2. The topological polar surface area (TPSA) is 96.4 Å². The molecule has 0 saturated carbocycles. The van der Waals surface area contributed by atoms with Gasteiger partial charge in [0.15, 0.2) is 0 Å². The van der Waals surface area contributed by atoms with Gasteiger partial charge < -0.3 is 24.4 Å². The summed E-state index contributed by atoms with van der Waals surface area (Å²) in [6.45, 7) is 8.53. The molecule has 2 unspecified atom stereocenters. The van der Waals surface area contributed by atoms with Gasteiger partial charge in [-0.05, 0) is 32.1 Å². The van der Waals surface area contributed by atoms with E-state index in [9.17, 15) is 19.5 Å². The lowest BCUT2D eigenvalue weighted by Crippen LogP contribution is -2.60. The Balaban J connectivity index is 1.85. The number of ether oxygens (including phenoxy) is 2. The molecule has 194 valence electrons. The van der Waals surface area contributed by atoms with Crippen molar-refractivity contribution in [1.29, 1.82) is 0 Å². The molecule has 0 aromatic heterocycles. The van der Waals surface area contributed by atoms with Crippen molar-refractivity contribution >= 4 is 17.8 Å². The molecule has 2 fully saturated rings. The summed E-state index contributed by atoms with van der Waals surface area (Å²) in [7, 11) is 0. The Morgan fingerprint density at radius 3 is 2.63 bits per heavy atom. The van der Waals surface area contributed by atoms with Crippen LogP contribution in [-0.2, 0) is 23.9 Å². The van der Waals surface area contributed by atoms with Crippen molar-refractivity contribution in [3.8, 4) is 0 Å². The maximum absolute atomic E-state index is 14.2. The Morgan fingerprint density at radius 1 is 1.17 bits per heavy atom. The van der Waals surface area contributed by atoms with Crippen LogP contribution in [-0.4, -0.2) is 82.3 Å². The van der Waals surface area contributed by atoms with Gasteiger partial charge in [-0.1, -0.05) is 57.9 Å². The molecule has 0 aromatic rings. The number of aliphatic hydroxyl groups is 1. The summed E-state index contributed by atoms with van der Waals surface area (Å²) in [5, 5.41) is 10.4. The average molecular weight is 489 g/mol. The highest BCUT2D eigenvalue weighted by molar-refractivity contribution is 5.99. The summed E-state index contributed by atoms with van der Waals surface area (Å²) in [6, 6.07) is -1.51. The van der Waals surface area contributed by atoms with E-state index >= 15 is 0 Å². The van der Waals surface area contributed by atoms with Crippen LogP contribution >= 0.6 is 0 Å². The van der Waals surface area contributed by atoms with E-state index in [0.29, 0.717) is 13.0 Å². The lowest BCUT2D eigenvalue weighted by Gasteiger charge is -2.41. The number of fused-ring (bicyclic) bond motifs is 2. The Bertz CT molecular complexity index is 887. The van der Waals surface area contributed by atoms with Gasteiger partial charge in [0, 0.05) is 12.6 Å². The van der Waals surface area contributed by atoms with Gasteiger partial charge in [-0.2, -0.15) is 0 Å². The number of amides is 2. The number of aliphatic hydroxyl groups excluding tert-OH is 1. The first kappa shape index (κ1) is 25.9. The first-order valence-corrected chi connectivity index (χ1v) is 13.2. The second-order valence-electron chi connectivity index (χ2n) is 10.5. The van der Waals surface area contributed by atoms with Gasteiger partial charge in [0.05, 0.1) is 31.3 Å². The summed E-state index contributed by atoms with van der Waals surface area (Å²) in [4.78, 5) is 45.1. The predicted molar refractivity (Wildman–Crippen MR) is 130 cm³/mol. The van der Waals surface area contributed by atoms with Crippen LogP contribution in [0, 0.1) is 17.8 Å². The predicted octanol–water partition coefficient (Wildman–Crippen LogP) is 2.45. The lowest BCUT2D eigenvalue weighted by atomic mass is 9.78. The molecule has 8 nitrogen and oxygen atoms in total. The molecule has 0 bridgehead atoms. The number of nitrogens with zero attached hydrogens (tertiary/aromatic N) is 2. The Kier molecular flexibility index (Phi) is 7.71. The number of carbonyl (C=O) groups excluding carboxylic acids is 3. The standard InChI is InChI=1S/C27H40N2O6/c1-5-11-18(4)28-14-10-13-27-22(21-20(35-27)12-8-7-9-15-34-26(21)33)24(31)29(23(27)25(28)32)19(16-30)17(3)6-2/h8,10,12-13,17-23,30H,5-7,9,11,14-16H2,1-4H3/b12-8-/t17-,18?,19-,20-,21+,22-,23?,27-/m0/s1. The van der Waals surface area contributed by atoms with Crippen LogP contribution in [0.25, 0.3) is 0 Å². The number of hydrogen-bond donors (Lipinski definition) is 1. The lowest BCUT2D eigenvalue weighted by molar-refractivity contribution is -0.157. The molecular formula is C27H40N2O6. The molecular weight excluding hydrogens is 448 g/mol. The number of allylic oxidation sites excluding steroid dienone is 1. The minimum Gasteiger partial charge on any atom is -0.465 e. The van der Waals surface area contributed by atoms with Crippen LogP contribution in [0.1, 0.15) is 59.8 Å². The third kappa shape index (κ3) is 4.22. The number of rotatable bonds is 7. The molecule has 1 spiro atoms. The second-order valence-corrected chi connectivity index (χ2v) is 10.5. The Labute approximate surface area is 208 Å². The van der Waals surface area contributed by atoms with E-state index in [4.69, 9.17) is 9.47 Å². The van der Waals surface area contributed by atoms with Gasteiger partial charge in [0.1, 0.15) is 17.6 Å². The van der Waals surface area contributed by atoms with Crippen molar-refractivity contribution in [3.05, 3.63) is 24.3 Å². The van der Waals surface area contributed by atoms with E-state index in [0.717, 1.165) is 25.7 Å². The highest BCUT2D eigenvalue weighted by Gasteiger charge is 2.72. The molecule has 8 heteroatoms. The van der Waals surface area contributed by atoms with Crippen molar-refractivity contribution in [3.63, 3.8) is 0 Å². The van der Waals surface area contributed by atoms with Gasteiger partial charge in [-0.25, -0.2) is 0 Å². The molecule has 4 rings (SSSR count). The molecule has 4 aliphatic heterocycles. The van der Waals surface area contributed by atoms with Gasteiger partial charge in [-0.15, -0.1) is 0 Å². The first-order chi connectivity index (χ1) is 16.8. The monoisotopic (exact) mass is 488 g/mol. The van der Waals surface area contributed by atoms with E-state index in [-0.39, 0.29) is 37.0 Å². The third-order valence-electron chi connectivity index (χ3n) is 8.40. The Hall–Kier alpha value is -2.19. The zero-order valence-electron chi connectivity index (χ0n) is 21.4. The molecule has 0 aromatic carbocycles. The fraction of sp³-hybridized carbons (Fsp3) is 0.741. The zero-order chi connectivity index (χ0) is 25.3. The molecule has 1 N–H and O–H groups in total. The number of esters is 1. The maximum atomic E-state index is 14.2. The van der Waals surface area contributed by atoms with E-state index < -0.39 is 41.6 Å². The van der Waals surface area contributed by atoms with Crippen LogP contribution in [0.4, 0.5) is 0 Å². The van der Waals surface area contributed by atoms with Crippen molar-refractivity contribution < 1.29 is 29.0 Å². The van der Waals surface area contributed by atoms with E-state index in [1.165, 1.54) is 0 Å². The van der Waals surface area contributed by atoms with Crippen LogP contribution < -0.4 is 0 Å². The first-order valence-electron chi connectivity index (χ1n) is 13.2. The fourth-order valence-electron chi connectivity index (χ4n) is 6.35. The van der Waals surface area contributed by atoms with Gasteiger partial charge in [0.2, 0.25) is 11.8 Å². The second kappa shape index (κ2) is 10.4. The summed E-state index contributed by atoms with van der Waals surface area (Å²) in [6.07, 6.45) is 10.9. The van der Waals surface area contributed by atoms with Crippen LogP contribution in [0.15, 0.2) is 24.3 Å². The summed E-state index contributed by atoms with van der Waals surface area (Å²) >= 11 is 0. The molecule has 2 amide bonds. The molecule has 8 atom stereocenters. The SMILES string of the molecule is CCCC(C)N1CC=C[C@]23O[C@H]4/C=C\CCCOC(=O)[C@H]4[C@H]2C(=O)N([C@@H](CO)[C@@H](C)CC)C3C1=O. The van der Waals surface area contributed by atoms with Crippen LogP contribution in [0.5, 0.6) is 0 Å². The van der Waals surface area contributed by atoms with E-state index in [2.05, 4.69) is 6.92 Å². The zero-order valence-corrected chi connectivity index (χ0v) is 21.4. The van der Waals surface area contributed by atoms with Crippen molar-refractivity contribution in [2.45, 2.75) is 89.6 Å². The van der Waals surface area contributed by atoms with Crippen molar-refractivity contribution in [2.75, 3.05) is 19.8 Å². The van der Waals surface area contributed by atoms with E-state index in [1.807, 2.05) is 50.0 Å². The highest BCUT2D eigenvalue weighted by atomic mass is 16.6. The third-order valence-corrected chi connectivity index (χ3v) is 8.40. The maximum Gasteiger partial charge on any atom is 0.312 e. The Morgan fingerprint density at radius 2 is 1.94 bits per heavy atom. The summed E-state index contributed by atoms with van der Waals surface area (Å²) in [5.74, 6) is -2.70. The van der Waals surface area contributed by atoms with Crippen LogP contribution in [0.2, 0.25) is 0 Å². The molecule has 4 heterocycles. The van der Waals surface area contributed by atoms with Gasteiger partial charge in [-0.3, -0.25) is 14.4 Å². The summed E-state index contributed by atoms with van der Waals surface area (Å²) in [5.41, 5.74) is -1.28. The number of hydrogen-bond acceptors (Lipinski definition) is 6. The minimum absolute atomic E-state index is 0.0112. The minimum atomic E-state index is -1.28. The number of carbonyl (C=O) groups is 3. The van der Waals surface area contributed by atoms with E-state index in [1.54, 1.807) is 4.90 Å². The quantitative estimate of drug-likeness (QED) is 0.437. The molecule has 0 radical (unpaired) electrons. The highest BCUT2D eigenvalue weighted by Crippen LogP contribution is 2.54. The molecule has 35 heavy (non-hydrogen) atoms. The fourth-order valence-corrected chi connectivity index (χ4v) is 6.35. The van der Waals surface area contributed by atoms with Crippen molar-refractivity contribution in [1.82, 2.24) is 9.80 Å².